The number of nitrogens with one attached hydrogen (secondary N) is 2. The van der Waals surface area contributed by atoms with Crippen LogP contribution in [-0.4, -0.2) is 49.9 Å². The number of para-hydroxylation sites is 1. The van der Waals surface area contributed by atoms with Crippen molar-refractivity contribution in [2.75, 3.05) is 26.0 Å². The van der Waals surface area contributed by atoms with E-state index in [4.69, 9.17) is 9.47 Å². The molecule has 1 atom stereocenters. The largest absolute Gasteiger partial charge is 0.490 e. The van der Waals surface area contributed by atoms with Crippen LogP contribution in [0.5, 0.6) is 11.5 Å². The van der Waals surface area contributed by atoms with Gasteiger partial charge in [-0.25, -0.2) is 10.2 Å². The van der Waals surface area contributed by atoms with Crippen molar-refractivity contribution in [3.05, 3.63) is 54.1 Å². The molecule has 0 spiro atoms. The van der Waals surface area contributed by atoms with Crippen LogP contribution in [0.25, 0.3) is 0 Å². The van der Waals surface area contributed by atoms with Crippen molar-refractivity contribution < 1.29 is 19.1 Å². The van der Waals surface area contributed by atoms with Crippen LogP contribution in [0.4, 0.5) is 10.5 Å². The number of carbonyl (C=O) groups excluding carboxylic acids is 2. The standard InChI is InChI=1S/C21H26N4O4/c1-5-28-19-13-16(11-12-18(19)29-15(2)20(26)25(3)4)14-22-24-21(27)23-17-9-7-6-8-10-17/h6-15H,5H2,1-4H3,(H2,23,24,27)/b22-14-/t15-/m0/s1. The molecule has 0 unspecified atom stereocenters. The Morgan fingerprint density at radius 2 is 1.86 bits per heavy atom. The molecule has 0 heterocycles. The summed E-state index contributed by atoms with van der Waals surface area (Å²) in [4.78, 5) is 25.3. The van der Waals surface area contributed by atoms with E-state index < -0.39 is 12.1 Å². The summed E-state index contributed by atoms with van der Waals surface area (Å²) in [6, 6.07) is 13.8. The molecular weight excluding hydrogens is 372 g/mol. The van der Waals surface area contributed by atoms with Gasteiger partial charge in [-0.3, -0.25) is 4.79 Å². The normalized spacial score (nSPS) is 11.6. The molecule has 8 heteroatoms. The molecule has 0 radical (unpaired) electrons. The van der Waals surface area contributed by atoms with E-state index in [2.05, 4.69) is 15.8 Å². The van der Waals surface area contributed by atoms with Crippen molar-refractivity contribution in [3.63, 3.8) is 0 Å². The third-order valence-electron chi connectivity index (χ3n) is 3.77. The number of ether oxygens (including phenoxy) is 2. The second-order valence-corrected chi connectivity index (χ2v) is 6.32. The monoisotopic (exact) mass is 398 g/mol. The summed E-state index contributed by atoms with van der Waals surface area (Å²) < 4.78 is 11.4. The topological polar surface area (TPSA) is 92.3 Å². The second-order valence-electron chi connectivity index (χ2n) is 6.32. The first-order valence-corrected chi connectivity index (χ1v) is 9.20. The van der Waals surface area contributed by atoms with Gasteiger partial charge in [0.2, 0.25) is 0 Å². The van der Waals surface area contributed by atoms with E-state index in [0.29, 0.717) is 29.4 Å². The molecule has 8 nitrogen and oxygen atoms in total. The number of nitrogens with zero attached hydrogens (tertiary/aromatic N) is 2. The van der Waals surface area contributed by atoms with Crippen LogP contribution in [0.2, 0.25) is 0 Å². The second kappa shape index (κ2) is 10.7. The van der Waals surface area contributed by atoms with E-state index >= 15 is 0 Å². The summed E-state index contributed by atoms with van der Waals surface area (Å²) in [7, 11) is 3.35. The highest BCUT2D eigenvalue weighted by atomic mass is 16.5. The van der Waals surface area contributed by atoms with Crippen LogP contribution in [-0.2, 0) is 4.79 Å². The van der Waals surface area contributed by atoms with E-state index in [1.165, 1.54) is 11.1 Å². The van der Waals surface area contributed by atoms with Gasteiger partial charge in [0, 0.05) is 19.8 Å². The van der Waals surface area contributed by atoms with Crippen LogP contribution in [0.1, 0.15) is 19.4 Å². The molecule has 0 aromatic heterocycles. The lowest BCUT2D eigenvalue weighted by atomic mass is 10.2. The lowest BCUT2D eigenvalue weighted by molar-refractivity contribution is -0.135. The van der Waals surface area contributed by atoms with Crippen molar-refractivity contribution in [3.8, 4) is 11.5 Å². The summed E-state index contributed by atoms with van der Waals surface area (Å²) in [5, 5.41) is 6.60. The fraction of sp³-hybridized carbons (Fsp3) is 0.286. The van der Waals surface area contributed by atoms with E-state index in [1.807, 2.05) is 25.1 Å². The Morgan fingerprint density at radius 3 is 2.52 bits per heavy atom. The molecule has 0 aliphatic heterocycles. The van der Waals surface area contributed by atoms with Crippen LogP contribution >= 0.6 is 0 Å². The Morgan fingerprint density at radius 1 is 1.14 bits per heavy atom. The minimum absolute atomic E-state index is 0.147. The van der Waals surface area contributed by atoms with Crippen LogP contribution in [0, 0.1) is 0 Å². The van der Waals surface area contributed by atoms with Gasteiger partial charge in [0.25, 0.3) is 5.91 Å². The number of hydrogen-bond donors (Lipinski definition) is 2. The lowest BCUT2D eigenvalue weighted by Gasteiger charge is -2.20. The Balaban J connectivity index is 2.02. The van der Waals surface area contributed by atoms with Gasteiger partial charge in [-0.15, -0.1) is 0 Å². The van der Waals surface area contributed by atoms with Crippen LogP contribution in [0.15, 0.2) is 53.6 Å². The van der Waals surface area contributed by atoms with Crippen molar-refractivity contribution in [1.82, 2.24) is 10.3 Å². The number of amides is 3. The number of benzene rings is 2. The molecule has 2 N–H and O–H groups in total. The molecule has 0 aliphatic rings. The van der Waals surface area contributed by atoms with Gasteiger partial charge in [-0.05, 0) is 49.7 Å². The maximum atomic E-state index is 12.0. The Labute approximate surface area is 170 Å². The molecular formula is C21H26N4O4. The molecule has 2 aromatic carbocycles. The number of anilines is 1. The van der Waals surface area contributed by atoms with Crippen LogP contribution < -0.4 is 20.2 Å². The van der Waals surface area contributed by atoms with E-state index in [9.17, 15) is 9.59 Å². The minimum Gasteiger partial charge on any atom is -0.490 e. The summed E-state index contributed by atoms with van der Waals surface area (Å²) in [6.45, 7) is 3.97. The minimum atomic E-state index is -0.646. The fourth-order valence-electron chi connectivity index (χ4n) is 2.42. The third-order valence-corrected chi connectivity index (χ3v) is 3.77. The zero-order valence-corrected chi connectivity index (χ0v) is 17.0. The number of carbonyl (C=O) groups is 2. The average molecular weight is 398 g/mol. The summed E-state index contributed by atoms with van der Waals surface area (Å²) >= 11 is 0. The quantitative estimate of drug-likeness (QED) is 0.528. The number of urea groups is 1. The molecule has 0 bridgehead atoms. The summed E-state index contributed by atoms with van der Waals surface area (Å²) in [5.41, 5.74) is 3.77. The van der Waals surface area contributed by atoms with Gasteiger partial charge in [0.05, 0.1) is 12.8 Å². The molecule has 0 saturated heterocycles. The number of rotatable bonds is 8. The van der Waals surface area contributed by atoms with Crippen LogP contribution in [0.3, 0.4) is 0 Å². The van der Waals surface area contributed by atoms with Gasteiger partial charge < -0.3 is 19.7 Å². The van der Waals surface area contributed by atoms with Crippen molar-refractivity contribution in [2.45, 2.75) is 20.0 Å². The van der Waals surface area contributed by atoms with E-state index in [0.717, 1.165) is 0 Å². The van der Waals surface area contributed by atoms with Gasteiger partial charge in [-0.1, -0.05) is 18.2 Å². The fourth-order valence-corrected chi connectivity index (χ4v) is 2.42. The highest BCUT2D eigenvalue weighted by Crippen LogP contribution is 2.29. The van der Waals surface area contributed by atoms with Crippen molar-refractivity contribution in [1.29, 1.82) is 0 Å². The number of likely N-dealkylation sites (N-methyl/N-ethyl adjacent to an activating group) is 1. The molecule has 0 fully saturated rings. The first kappa shape index (κ1) is 21.7. The molecule has 2 rings (SSSR count). The SMILES string of the molecule is CCOc1cc(/C=N\NC(=O)Nc2ccccc2)ccc1O[C@@H](C)C(=O)N(C)C. The molecule has 154 valence electrons. The number of hydrazone groups is 1. The predicted octanol–water partition coefficient (Wildman–Crippen LogP) is 3.10. The molecule has 0 aliphatic carbocycles. The van der Waals surface area contributed by atoms with Crippen molar-refractivity contribution in [2.24, 2.45) is 5.10 Å². The first-order chi connectivity index (χ1) is 13.9. The predicted molar refractivity (Wildman–Crippen MR) is 113 cm³/mol. The van der Waals surface area contributed by atoms with Gasteiger partial charge >= 0.3 is 6.03 Å². The number of hydrogen-bond acceptors (Lipinski definition) is 5. The van der Waals surface area contributed by atoms with Gasteiger partial charge in [0.1, 0.15) is 0 Å². The zero-order valence-electron chi connectivity index (χ0n) is 17.0. The van der Waals surface area contributed by atoms with E-state index in [-0.39, 0.29) is 5.91 Å². The molecule has 2 aromatic rings. The van der Waals surface area contributed by atoms with E-state index in [1.54, 1.807) is 51.4 Å². The zero-order chi connectivity index (χ0) is 21.2. The highest BCUT2D eigenvalue weighted by Gasteiger charge is 2.18. The van der Waals surface area contributed by atoms with Gasteiger partial charge in [-0.2, -0.15) is 5.10 Å². The maximum absolute atomic E-state index is 12.0. The van der Waals surface area contributed by atoms with Gasteiger partial charge in [0.15, 0.2) is 17.6 Å². The Kier molecular flexibility index (Phi) is 8.02. The Bertz CT molecular complexity index is 853. The smallest absolute Gasteiger partial charge is 0.339 e. The van der Waals surface area contributed by atoms with Crippen molar-refractivity contribution >= 4 is 23.8 Å². The summed E-state index contributed by atoms with van der Waals surface area (Å²) in [5.74, 6) is 0.803. The molecule has 3 amide bonds. The average Bonchev–Trinajstić information content (AvgIpc) is 2.70. The highest BCUT2D eigenvalue weighted by molar-refractivity contribution is 5.90. The summed E-state index contributed by atoms with van der Waals surface area (Å²) in [6.07, 6.45) is 0.845. The molecule has 29 heavy (non-hydrogen) atoms. The first-order valence-electron chi connectivity index (χ1n) is 9.20. The lowest BCUT2D eigenvalue weighted by Crippen LogP contribution is -2.35. The Hall–Kier alpha value is -3.55. The molecule has 0 saturated carbocycles. The maximum Gasteiger partial charge on any atom is 0.339 e. The third kappa shape index (κ3) is 6.84.